The molecule has 2 fully saturated rings. The Bertz CT molecular complexity index is 1690. The van der Waals surface area contributed by atoms with Gasteiger partial charge in [0.25, 0.3) is 5.91 Å². The van der Waals surface area contributed by atoms with Crippen LogP contribution in [0.4, 0.5) is 10.5 Å². The predicted octanol–water partition coefficient (Wildman–Crippen LogP) is 4.87. The summed E-state index contributed by atoms with van der Waals surface area (Å²) in [5.41, 5.74) is 3.17. The number of nitrogens with one attached hydrogen (secondary N) is 1. The number of hydrogen-bond donors (Lipinski definition) is 1. The van der Waals surface area contributed by atoms with Crippen LogP contribution in [-0.2, 0) is 25.5 Å². The molecule has 2 aliphatic heterocycles. The predicted molar refractivity (Wildman–Crippen MR) is 172 cm³/mol. The largest absolute Gasteiger partial charge is 0.469 e. The third-order valence-electron chi connectivity index (χ3n) is 8.00. The molecule has 0 saturated carbocycles. The number of carbonyl (C=O) groups excluding carboxylic acids is 4. The van der Waals surface area contributed by atoms with Crippen molar-refractivity contribution in [2.24, 2.45) is 0 Å². The summed E-state index contributed by atoms with van der Waals surface area (Å²) in [4.78, 5) is 61.5. The monoisotopic (exact) mass is 639 g/mol. The van der Waals surface area contributed by atoms with Crippen LogP contribution in [0, 0.1) is 11.8 Å². The van der Waals surface area contributed by atoms with Crippen LogP contribution in [0.1, 0.15) is 78.4 Å². The van der Waals surface area contributed by atoms with E-state index in [1.165, 1.54) is 20.2 Å². The lowest BCUT2D eigenvalue weighted by atomic mass is 9.99. The fraction of sp³-hybridized carbons (Fsp3) is 0.371. The van der Waals surface area contributed by atoms with Gasteiger partial charge in [0.2, 0.25) is 5.91 Å². The zero-order valence-corrected chi connectivity index (χ0v) is 26.7. The Morgan fingerprint density at radius 3 is 2.47 bits per heavy atom. The summed E-state index contributed by atoms with van der Waals surface area (Å²) in [7, 11) is 1.35. The number of likely N-dealkylation sites (tertiary alicyclic amines) is 2. The van der Waals surface area contributed by atoms with Gasteiger partial charge in [-0.25, -0.2) is 14.8 Å². The summed E-state index contributed by atoms with van der Waals surface area (Å²) >= 11 is 0. The molecule has 2 aromatic heterocycles. The second kappa shape index (κ2) is 15.2. The minimum Gasteiger partial charge on any atom is -0.469 e. The van der Waals surface area contributed by atoms with Crippen LogP contribution >= 0.6 is 0 Å². The maximum atomic E-state index is 12.6. The molecule has 2 saturated heterocycles. The smallest absolute Gasteiger partial charge is 0.411 e. The summed E-state index contributed by atoms with van der Waals surface area (Å²) in [5, 5.41) is 2.79. The highest BCUT2D eigenvalue weighted by molar-refractivity contribution is 5.92. The standard InChI is InChI=1S/C35H37N5O7/c1-4-46-35(44)38-30-20-28(31-7-5-18-40(31)23(2)41)32(47-27-13-14-29(37-22-27)34(43)39-16-6-17-39)19-25(30)10-12-26-11-8-24(21-36-26)9-15-33(42)45-3/h8,11,13-14,19-22,31H,4-7,9,15-18H2,1-3H3,(H,38,44)/t31-/m1/s1. The van der Waals surface area contributed by atoms with Crippen molar-refractivity contribution >= 4 is 29.6 Å². The molecule has 0 aliphatic carbocycles. The molecular formula is C35H37N5O7. The van der Waals surface area contributed by atoms with Gasteiger partial charge in [-0.05, 0) is 74.4 Å². The first-order valence-electron chi connectivity index (χ1n) is 15.6. The lowest BCUT2D eigenvalue weighted by Crippen LogP contribution is -2.42. The molecular weight excluding hydrogens is 602 g/mol. The normalized spacial score (nSPS) is 15.2. The van der Waals surface area contributed by atoms with Crippen LogP contribution in [0.2, 0.25) is 0 Å². The number of pyridine rings is 2. The van der Waals surface area contributed by atoms with Gasteiger partial charge in [0.05, 0.1) is 37.2 Å². The van der Waals surface area contributed by atoms with Gasteiger partial charge >= 0.3 is 12.1 Å². The minimum atomic E-state index is -0.648. The molecule has 12 heteroatoms. The molecule has 1 atom stereocenters. The molecule has 0 spiro atoms. The number of anilines is 1. The third kappa shape index (κ3) is 8.24. The zero-order chi connectivity index (χ0) is 33.3. The first-order valence-corrected chi connectivity index (χ1v) is 15.6. The topological polar surface area (TPSA) is 140 Å². The van der Waals surface area contributed by atoms with Gasteiger partial charge in [0.1, 0.15) is 22.9 Å². The van der Waals surface area contributed by atoms with Crippen molar-refractivity contribution in [2.45, 2.75) is 52.0 Å². The maximum absolute atomic E-state index is 12.6. The van der Waals surface area contributed by atoms with E-state index in [-0.39, 0.29) is 36.9 Å². The molecule has 0 bridgehead atoms. The summed E-state index contributed by atoms with van der Waals surface area (Å²) in [5.74, 6) is 6.47. The summed E-state index contributed by atoms with van der Waals surface area (Å²) in [6.45, 7) is 5.46. The summed E-state index contributed by atoms with van der Waals surface area (Å²) in [6.07, 6.45) is 5.73. The Labute approximate surface area is 273 Å². The van der Waals surface area contributed by atoms with E-state index in [4.69, 9.17) is 14.2 Å². The second-order valence-corrected chi connectivity index (χ2v) is 11.2. The lowest BCUT2D eigenvalue weighted by molar-refractivity contribution is -0.140. The molecule has 244 valence electrons. The number of methoxy groups -OCH3 is 1. The molecule has 0 radical (unpaired) electrons. The van der Waals surface area contributed by atoms with E-state index >= 15 is 0 Å². The Morgan fingerprint density at radius 1 is 1.00 bits per heavy atom. The van der Waals surface area contributed by atoms with Gasteiger partial charge in [0.15, 0.2) is 0 Å². The number of nitrogens with zero attached hydrogens (tertiary/aromatic N) is 4. The van der Waals surface area contributed by atoms with Crippen molar-refractivity contribution in [3.63, 3.8) is 0 Å². The minimum absolute atomic E-state index is 0.0705. The SMILES string of the molecule is CCOC(=O)Nc1cc([C@H]2CCCN2C(C)=O)c(Oc2ccc(C(=O)N3CCC3)nc2)cc1C#Cc1ccc(CCC(=O)OC)cn1. The third-order valence-corrected chi connectivity index (χ3v) is 8.00. The number of esters is 1. The Hall–Kier alpha value is -5.44. The molecule has 3 amide bonds. The molecule has 47 heavy (non-hydrogen) atoms. The Kier molecular flexibility index (Phi) is 10.7. The number of ether oxygens (including phenoxy) is 3. The van der Waals surface area contributed by atoms with Crippen LogP contribution in [0.25, 0.3) is 0 Å². The van der Waals surface area contributed by atoms with Crippen LogP contribution in [0.3, 0.4) is 0 Å². The molecule has 5 rings (SSSR count). The van der Waals surface area contributed by atoms with E-state index < -0.39 is 6.09 Å². The van der Waals surface area contributed by atoms with Crippen LogP contribution in [-0.4, -0.2) is 77.0 Å². The number of benzene rings is 1. The van der Waals surface area contributed by atoms with E-state index in [0.717, 1.165) is 31.5 Å². The van der Waals surface area contributed by atoms with Crippen molar-refractivity contribution < 1.29 is 33.4 Å². The number of aryl methyl sites for hydroxylation is 1. The molecule has 3 aromatic rings. The molecule has 2 aliphatic rings. The van der Waals surface area contributed by atoms with E-state index in [2.05, 4.69) is 27.1 Å². The Morgan fingerprint density at radius 2 is 1.83 bits per heavy atom. The lowest BCUT2D eigenvalue weighted by Gasteiger charge is -2.30. The molecule has 1 aromatic carbocycles. The van der Waals surface area contributed by atoms with Gasteiger partial charge in [0, 0.05) is 44.7 Å². The molecule has 1 N–H and O–H groups in total. The van der Waals surface area contributed by atoms with Crippen LogP contribution in [0.5, 0.6) is 11.5 Å². The first kappa shape index (κ1) is 32.9. The maximum Gasteiger partial charge on any atom is 0.411 e. The number of carbonyl (C=O) groups is 4. The number of hydrogen-bond acceptors (Lipinski definition) is 9. The van der Waals surface area contributed by atoms with Gasteiger partial charge in [-0.1, -0.05) is 12.0 Å². The quantitative estimate of drug-likeness (QED) is 0.256. The highest BCUT2D eigenvalue weighted by Gasteiger charge is 2.31. The van der Waals surface area contributed by atoms with Crippen molar-refractivity contribution in [2.75, 3.05) is 38.7 Å². The zero-order valence-electron chi connectivity index (χ0n) is 26.7. The molecule has 12 nitrogen and oxygen atoms in total. The second-order valence-electron chi connectivity index (χ2n) is 11.2. The van der Waals surface area contributed by atoms with Gasteiger partial charge in [-0.2, -0.15) is 0 Å². The average Bonchev–Trinajstić information content (AvgIpc) is 3.54. The van der Waals surface area contributed by atoms with Gasteiger partial charge in [-0.3, -0.25) is 19.7 Å². The highest BCUT2D eigenvalue weighted by Crippen LogP contribution is 2.41. The number of rotatable bonds is 9. The fourth-order valence-electron chi connectivity index (χ4n) is 5.40. The van der Waals surface area contributed by atoms with E-state index in [9.17, 15) is 19.2 Å². The van der Waals surface area contributed by atoms with Crippen molar-refractivity contribution in [1.82, 2.24) is 19.8 Å². The van der Waals surface area contributed by atoms with Gasteiger partial charge < -0.3 is 24.0 Å². The van der Waals surface area contributed by atoms with Crippen molar-refractivity contribution in [1.29, 1.82) is 0 Å². The molecule has 0 unspecified atom stereocenters. The average molecular weight is 640 g/mol. The summed E-state index contributed by atoms with van der Waals surface area (Å²) < 4.78 is 16.2. The molecule has 4 heterocycles. The highest BCUT2D eigenvalue weighted by atomic mass is 16.5. The van der Waals surface area contributed by atoms with Crippen molar-refractivity contribution in [3.8, 4) is 23.3 Å². The number of amides is 3. The fourth-order valence-corrected chi connectivity index (χ4v) is 5.40. The van der Waals surface area contributed by atoms with Gasteiger partial charge in [-0.15, -0.1) is 0 Å². The Balaban J connectivity index is 1.51. The van der Waals surface area contributed by atoms with E-state index in [0.29, 0.717) is 59.1 Å². The summed E-state index contributed by atoms with van der Waals surface area (Å²) in [6, 6.07) is 10.1. The van der Waals surface area contributed by atoms with Crippen LogP contribution < -0.4 is 10.1 Å². The van der Waals surface area contributed by atoms with E-state index in [1.807, 2.05) is 6.07 Å². The van der Waals surface area contributed by atoms with Crippen molar-refractivity contribution in [3.05, 3.63) is 76.9 Å². The van der Waals surface area contributed by atoms with E-state index in [1.54, 1.807) is 53.3 Å². The van der Waals surface area contributed by atoms with Crippen LogP contribution in [0.15, 0.2) is 48.8 Å². The first-order chi connectivity index (χ1) is 22.7. The number of aromatic nitrogens is 2.